The second-order valence-corrected chi connectivity index (χ2v) is 3.57. The van der Waals surface area contributed by atoms with E-state index in [4.69, 9.17) is 27.9 Å². The van der Waals surface area contributed by atoms with E-state index in [1.54, 1.807) is 18.2 Å². The third-order valence-electron chi connectivity index (χ3n) is 1.64. The van der Waals surface area contributed by atoms with Crippen molar-refractivity contribution in [3.8, 4) is 5.75 Å². The molecule has 1 rings (SSSR count). The third kappa shape index (κ3) is 3.09. The van der Waals surface area contributed by atoms with Gasteiger partial charge in [-0.15, -0.1) is 0 Å². The molecule has 3 heteroatoms. The fourth-order valence-electron chi connectivity index (χ4n) is 0.834. The highest BCUT2D eigenvalue weighted by atomic mass is 35.5. The molecule has 1 nitrogen and oxygen atoms in total. The summed E-state index contributed by atoms with van der Waals surface area (Å²) in [6, 6.07) is 5.14. The summed E-state index contributed by atoms with van der Waals surface area (Å²) in [5.74, 6) is 0.632. The van der Waals surface area contributed by atoms with Gasteiger partial charge in [-0.1, -0.05) is 30.1 Å². The predicted molar refractivity (Wildman–Crippen MR) is 56.5 cm³/mol. The van der Waals surface area contributed by atoms with E-state index >= 15 is 0 Å². The number of ether oxygens (including phenoxy) is 1. The van der Waals surface area contributed by atoms with E-state index in [-0.39, 0.29) is 6.10 Å². The van der Waals surface area contributed by atoms with Crippen molar-refractivity contribution in [1.29, 1.82) is 0 Å². The Hall–Kier alpha value is -0.400. The molecule has 1 radical (unpaired) electrons. The van der Waals surface area contributed by atoms with Crippen molar-refractivity contribution in [3.05, 3.63) is 35.2 Å². The van der Waals surface area contributed by atoms with Crippen LogP contribution >= 0.6 is 23.2 Å². The lowest BCUT2D eigenvalue weighted by Crippen LogP contribution is -2.10. The van der Waals surface area contributed by atoms with Crippen molar-refractivity contribution in [2.75, 3.05) is 0 Å². The summed E-state index contributed by atoms with van der Waals surface area (Å²) in [5.41, 5.74) is 0. The van der Waals surface area contributed by atoms with Gasteiger partial charge in [0.25, 0.3) is 0 Å². The Morgan fingerprint density at radius 2 is 2.15 bits per heavy atom. The standard InChI is InChI=1S/C10H11Cl2O/c1-3-7(2)13-10-5-4-8(11)6-9(10)12/h4-7H,2-3H2,1H3. The second kappa shape index (κ2) is 4.73. The van der Waals surface area contributed by atoms with Crippen LogP contribution in [0.2, 0.25) is 10.0 Å². The molecule has 0 N–H and O–H groups in total. The van der Waals surface area contributed by atoms with E-state index in [9.17, 15) is 0 Å². The van der Waals surface area contributed by atoms with Crippen LogP contribution < -0.4 is 4.74 Å². The van der Waals surface area contributed by atoms with Gasteiger partial charge in [-0.25, -0.2) is 0 Å². The average Bonchev–Trinajstić information content (AvgIpc) is 2.09. The maximum Gasteiger partial charge on any atom is 0.138 e. The van der Waals surface area contributed by atoms with Crippen LogP contribution in [0, 0.1) is 6.92 Å². The normalized spacial score (nSPS) is 12.6. The van der Waals surface area contributed by atoms with E-state index in [1.807, 2.05) is 6.92 Å². The smallest absolute Gasteiger partial charge is 0.138 e. The van der Waals surface area contributed by atoms with E-state index in [1.165, 1.54) is 0 Å². The lowest BCUT2D eigenvalue weighted by Gasteiger charge is -2.13. The highest BCUT2D eigenvalue weighted by Crippen LogP contribution is 2.28. The maximum atomic E-state index is 5.89. The van der Waals surface area contributed by atoms with E-state index in [2.05, 4.69) is 6.92 Å². The van der Waals surface area contributed by atoms with Gasteiger partial charge >= 0.3 is 0 Å². The third-order valence-corrected chi connectivity index (χ3v) is 2.17. The van der Waals surface area contributed by atoms with E-state index < -0.39 is 0 Å². The van der Waals surface area contributed by atoms with Crippen LogP contribution in [0.15, 0.2) is 18.2 Å². The topological polar surface area (TPSA) is 9.23 Å². The number of rotatable bonds is 3. The zero-order chi connectivity index (χ0) is 9.84. The minimum atomic E-state index is -0.0707. The predicted octanol–water partition coefficient (Wildman–Crippen LogP) is 3.98. The van der Waals surface area contributed by atoms with Gasteiger partial charge in [0.15, 0.2) is 0 Å². The fraction of sp³-hybridized carbons (Fsp3) is 0.300. The van der Waals surface area contributed by atoms with Gasteiger partial charge in [-0.05, 0) is 31.5 Å². The first-order valence-corrected chi connectivity index (χ1v) is 4.84. The molecule has 0 fully saturated rings. The van der Waals surface area contributed by atoms with Crippen LogP contribution in [0.3, 0.4) is 0 Å². The van der Waals surface area contributed by atoms with Gasteiger partial charge < -0.3 is 4.74 Å². The van der Waals surface area contributed by atoms with Crippen LogP contribution in [0.1, 0.15) is 13.3 Å². The Balaban J connectivity index is 2.77. The maximum absolute atomic E-state index is 5.89. The van der Waals surface area contributed by atoms with E-state index in [0.717, 1.165) is 6.42 Å². The van der Waals surface area contributed by atoms with Gasteiger partial charge in [0, 0.05) is 5.02 Å². The molecule has 0 saturated heterocycles. The molecule has 1 atom stereocenters. The minimum absolute atomic E-state index is 0.0707. The van der Waals surface area contributed by atoms with Crippen LogP contribution in [0.5, 0.6) is 5.75 Å². The molecule has 0 spiro atoms. The highest BCUT2D eigenvalue weighted by molar-refractivity contribution is 6.35. The molecule has 1 aromatic carbocycles. The fourth-order valence-corrected chi connectivity index (χ4v) is 1.29. The molecular weight excluding hydrogens is 207 g/mol. The van der Waals surface area contributed by atoms with Crippen LogP contribution in [-0.2, 0) is 0 Å². The Morgan fingerprint density at radius 1 is 1.46 bits per heavy atom. The largest absolute Gasteiger partial charge is 0.489 e. The molecule has 71 valence electrons. The van der Waals surface area contributed by atoms with Crippen molar-refractivity contribution in [3.63, 3.8) is 0 Å². The SMILES string of the molecule is [CH2]C(CC)Oc1ccc(Cl)cc1Cl. The molecular formula is C10H11Cl2O. The lowest BCUT2D eigenvalue weighted by atomic mass is 10.3. The summed E-state index contributed by atoms with van der Waals surface area (Å²) in [4.78, 5) is 0. The first-order chi connectivity index (χ1) is 6.13. The zero-order valence-electron chi connectivity index (χ0n) is 7.39. The summed E-state index contributed by atoms with van der Waals surface area (Å²) in [6.07, 6.45) is 0.776. The summed E-state index contributed by atoms with van der Waals surface area (Å²) in [5, 5.41) is 1.13. The number of benzene rings is 1. The molecule has 1 aromatic rings. The van der Waals surface area contributed by atoms with Gasteiger partial charge in [0.2, 0.25) is 0 Å². The summed E-state index contributed by atoms with van der Waals surface area (Å²) in [6.45, 7) is 5.80. The monoisotopic (exact) mass is 217 g/mol. The quantitative estimate of drug-likeness (QED) is 0.745. The van der Waals surface area contributed by atoms with Crippen molar-refractivity contribution in [2.45, 2.75) is 19.4 Å². The van der Waals surface area contributed by atoms with Crippen molar-refractivity contribution in [1.82, 2.24) is 0 Å². The van der Waals surface area contributed by atoms with Crippen LogP contribution in [0.25, 0.3) is 0 Å². The molecule has 0 aliphatic carbocycles. The Labute approximate surface area is 88.6 Å². The summed E-state index contributed by atoms with van der Waals surface area (Å²) < 4.78 is 5.45. The van der Waals surface area contributed by atoms with Crippen molar-refractivity contribution < 1.29 is 4.74 Å². The van der Waals surface area contributed by atoms with Gasteiger partial charge in [0.1, 0.15) is 5.75 Å². The van der Waals surface area contributed by atoms with Crippen LogP contribution in [-0.4, -0.2) is 6.10 Å². The van der Waals surface area contributed by atoms with Crippen molar-refractivity contribution >= 4 is 23.2 Å². The summed E-state index contributed by atoms with van der Waals surface area (Å²) >= 11 is 11.6. The molecule has 1 unspecified atom stereocenters. The van der Waals surface area contributed by atoms with Crippen molar-refractivity contribution in [2.24, 2.45) is 0 Å². The number of hydrogen-bond acceptors (Lipinski definition) is 1. The molecule has 0 heterocycles. The van der Waals surface area contributed by atoms with Crippen LogP contribution in [0.4, 0.5) is 0 Å². The highest BCUT2D eigenvalue weighted by Gasteiger charge is 2.05. The molecule has 0 aromatic heterocycles. The Bertz CT molecular complexity index is 286. The number of halogens is 2. The molecule has 0 aliphatic heterocycles. The first-order valence-electron chi connectivity index (χ1n) is 4.08. The molecule has 0 amide bonds. The Kier molecular flexibility index (Phi) is 3.89. The van der Waals surface area contributed by atoms with Gasteiger partial charge in [-0.3, -0.25) is 0 Å². The second-order valence-electron chi connectivity index (χ2n) is 2.72. The first kappa shape index (κ1) is 10.7. The van der Waals surface area contributed by atoms with Gasteiger partial charge in [0.05, 0.1) is 11.1 Å². The molecule has 0 aliphatic rings. The summed E-state index contributed by atoms with van der Waals surface area (Å²) in [7, 11) is 0. The average molecular weight is 218 g/mol. The zero-order valence-corrected chi connectivity index (χ0v) is 8.90. The molecule has 0 saturated carbocycles. The number of hydrogen-bond donors (Lipinski definition) is 0. The molecule has 13 heavy (non-hydrogen) atoms. The molecule has 0 bridgehead atoms. The van der Waals surface area contributed by atoms with Gasteiger partial charge in [-0.2, -0.15) is 0 Å². The van der Waals surface area contributed by atoms with E-state index in [0.29, 0.717) is 15.8 Å². The Morgan fingerprint density at radius 3 is 2.69 bits per heavy atom. The minimum Gasteiger partial charge on any atom is -0.489 e. The lowest BCUT2D eigenvalue weighted by molar-refractivity contribution is 0.243.